The van der Waals surface area contributed by atoms with Gasteiger partial charge in [0.15, 0.2) is 5.69 Å². The Labute approximate surface area is 203 Å². The Morgan fingerprint density at radius 1 is 1.24 bits per heavy atom. The number of hydrogen-bond acceptors (Lipinski definition) is 7. The number of aromatic nitrogens is 2. The summed E-state index contributed by atoms with van der Waals surface area (Å²) in [6.07, 6.45) is 2.89. The van der Waals surface area contributed by atoms with E-state index in [0.29, 0.717) is 36.5 Å². The van der Waals surface area contributed by atoms with Crippen LogP contribution in [0.2, 0.25) is 0 Å². The van der Waals surface area contributed by atoms with Crippen LogP contribution in [0.1, 0.15) is 50.5 Å². The largest absolute Gasteiger partial charge is 0.347 e. The average molecular weight is 480 g/mol. The van der Waals surface area contributed by atoms with E-state index in [-0.39, 0.29) is 16.6 Å². The highest BCUT2D eigenvalue weighted by Gasteiger charge is 2.48. The van der Waals surface area contributed by atoms with E-state index in [9.17, 15) is 9.59 Å². The number of nitriles is 1. The Kier molecular flexibility index (Phi) is 6.34. The molecule has 1 aliphatic carbocycles. The normalized spacial score (nSPS) is 19.4. The lowest BCUT2D eigenvalue weighted by atomic mass is 10.0. The number of amides is 2. The molecule has 2 aromatic rings. The minimum atomic E-state index is -0.282. The predicted octanol–water partition coefficient (Wildman–Crippen LogP) is 1.31. The summed E-state index contributed by atoms with van der Waals surface area (Å²) in [5.41, 5.74) is 3.07. The van der Waals surface area contributed by atoms with E-state index in [1.807, 2.05) is 29.0 Å². The summed E-state index contributed by atoms with van der Waals surface area (Å²) in [7, 11) is 1.74. The number of hydrogen-bond donors (Lipinski definition) is 2. The molecule has 2 amide bonds. The van der Waals surface area contributed by atoms with Crippen molar-refractivity contribution in [2.24, 2.45) is 7.05 Å². The standard InChI is InChI=1S/C24H29N7O2S/c1-29-21-19(20(28-29)22(32)27-15-18-4-2-17(14-25)3-5-18)6-11-30(23(21)33)16-24(7-8-24)34-31-12-9-26-10-13-31/h2-5,26H,6-13,15-16H2,1H3,(H,27,32). The number of aryl methyl sites for hydroxylation is 1. The lowest BCUT2D eigenvalue weighted by Gasteiger charge is -2.34. The van der Waals surface area contributed by atoms with E-state index in [0.717, 1.165) is 56.7 Å². The van der Waals surface area contributed by atoms with Crippen molar-refractivity contribution in [1.29, 1.82) is 5.26 Å². The molecule has 1 aromatic carbocycles. The molecule has 1 aromatic heterocycles. The number of nitrogens with one attached hydrogen (secondary N) is 2. The van der Waals surface area contributed by atoms with Crippen LogP contribution >= 0.6 is 11.9 Å². The van der Waals surface area contributed by atoms with E-state index in [1.165, 1.54) is 0 Å². The summed E-state index contributed by atoms with van der Waals surface area (Å²) in [6, 6.07) is 9.18. The smallest absolute Gasteiger partial charge is 0.272 e. The Bertz CT molecular complexity index is 1130. The Morgan fingerprint density at radius 2 is 1.97 bits per heavy atom. The van der Waals surface area contributed by atoms with Gasteiger partial charge >= 0.3 is 0 Å². The van der Waals surface area contributed by atoms with Crippen LogP contribution < -0.4 is 10.6 Å². The summed E-state index contributed by atoms with van der Waals surface area (Å²) in [5.74, 6) is -0.315. The van der Waals surface area contributed by atoms with Crippen molar-refractivity contribution < 1.29 is 9.59 Å². The van der Waals surface area contributed by atoms with E-state index in [4.69, 9.17) is 5.26 Å². The predicted molar refractivity (Wildman–Crippen MR) is 129 cm³/mol. The highest BCUT2D eigenvalue weighted by molar-refractivity contribution is 7.98. The summed E-state index contributed by atoms with van der Waals surface area (Å²) in [5, 5.41) is 19.6. The number of rotatable bonds is 7. The molecule has 5 rings (SSSR count). The third-order valence-electron chi connectivity index (χ3n) is 6.70. The SMILES string of the molecule is Cn1nc(C(=O)NCc2ccc(C#N)cc2)c2c1C(=O)N(CC1(SN3CCNCC3)CC1)CC2. The number of nitrogens with zero attached hydrogens (tertiary/aromatic N) is 5. The zero-order chi connectivity index (χ0) is 23.7. The van der Waals surface area contributed by atoms with Crippen LogP contribution in [0.25, 0.3) is 0 Å². The molecule has 0 radical (unpaired) electrons. The lowest BCUT2D eigenvalue weighted by molar-refractivity contribution is 0.0725. The number of piperazine rings is 1. The van der Waals surface area contributed by atoms with Crippen LogP contribution in [0.3, 0.4) is 0 Å². The van der Waals surface area contributed by atoms with Gasteiger partial charge in [-0.05, 0) is 37.0 Å². The molecule has 1 saturated carbocycles. The van der Waals surface area contributed by atoms with Crippen LogP contribution in [0, 0.1) is 11.3 Å². The first-order chi connectivity index (χ1) is 16.5. The molecule has 0 atom stereocenters. The van der Waals surface area contributed by atoms with Crippen molar-refractivity contribution in [3.05, 3.63) is 52.3 Å². The molecule has 2 aliphatic heterocycles. The molecule has 0 spiro atoms. The number of carbonyl (C=O) groups is 2. The van der Waals surface area contributed by atoms with Crippen molar-refractivity contribution in [3.63, 3.8) is 0 Å². The summed E-state index contributed by atoms with van der Waals surface area (Å²) in [4.78, 5) is 28.2. The first kappa shape index (κ1) is 22.9. The molecular weight excluding hydrogens is 450 g/mol. The molecule has 2 N–H and O–H groups in total. The zero-order valence-corrected chi connectivity index (χ0v) is 20.2. The molecule has 3 aliphatic rings. The molecule has 34 heavy (non-hydrogen) atoms. The number of fused-ring (bicyclic) bond motifs is 1. The molecule has 0 bridgehead atoms. The molecule has 3 heterocycles. The van der Waals surface area contributed by atoms with E-state index in [1.54, 1.807) is 23.9 Å². The highest BCUT2D eigenvalue weighted by atomic mass is 32.2. The third-order valence-corrected chi connectivity index (χ3v) is 8.25. The average Bonchev–Trinajstić information content (AvgIpc) is 3.52. The molecule has 2 fully saturated rings. The topological polar surface area (TPSA) is 106 Å². The highest BCUT2D eigenvalue weighted by Crippen LogP contribution is 2.50. The first-order valence-corrected chi connectivity index (χ1v) is 12.5. The molecule has 1 saturated heterocycles. The van der Waals surface area contributed by atoms with E-state index in [2.05, 4.69) is 26.1 Å². The van der Waals surface area contributed by atoms with Gasteiger partial charge in [-0.15, -0.1) is 0 Å². The monoisotopic (exact) mass is 479 g/mol. The van der Waals surface area contributed by atoms with Gasteiger partial charge in [0.25, 0.3) is 11.8 Å². The van der Waals surface area contributed by atoms with Crippen molar-refractivity contribution in [3.8, 4) is 6.07 Å². The van der Waals surface area contributed by atoms with Crippen molar-refractivity contribution in [1.82, 2.24) is 29.6 Å². The van der Waals surface area contributed by atoms with Gasteiger partial charge in [0.2, 0.25) is 0 Å². The van der Waals surface area contributed by atoms with Crippen LogP contribution in [0.5, 0.6) is 0 Å². The molecule has 9 nitrogen and oxygen atoms in total. The first-order valence-electron chi connectivity index (χ1n) is 11.8. The van der Waals surface area contributed by atoms with Gasteiger partial charge < -0.3 is 15.5 Å². The maximum absolute atomic E-state index is 13.4. The van der Waals surface area contributed by atoms with Gasteiger partial charge in [0.1, 0.15) is 5.69 Å². The Hall–Kier alpha value is -2.87. The third kappa shape index (κ3) is 4.69. The molecular formula is C24H29N7O2S. The Morgan fingerprint density at radius 3 is 2.65 bits per heavy atom. The van der Waals surface area contributed by atoms with Gasteiger partial charge in [0.05, 0.1) is 11.6 Å². The fourth-order valence-corrected chi connectivity index (χ4v) is 6.05. The molecule has 0 unspecified atom stereocenters. The summed E-state index contributed by atoms with van der Waals surface area (Å²) < 4.78 is 4.12. The minimum absolute atomic E-state index is 0.0328. The lowest BCUT2D eigenvalue weighted by Crippen LogP contribution is -2.45. The van der Waals surface area contributed by atoms with Gasteiger partial charge in [-0.1, -0.05) is 24.1 Å². The van der Waals surface area contributed by atoms with Gasteiger partial charge in [-0.3, -0.25) is 14.3 Å². The van der Waals surface area contributed by atoms with Gasteiger partial charge in [-0.25, -0.2) is 4.31 Å². The van der Waals surface area contributed by atoms with Crippen LogP contribution in [0.4, 0.5) is 0 Å². The summed E-state index contributed by atoms with van der Waals surface area (Å²) in [6.45, 7) is 5.78. The fraction of sp³-hybridized carbons (Fsp3) is 0.500. The van der Waals surface area contributed by atoms with E-state index >= 15 is 0 Å². The fourth-order valence-electron chi connectivity index (χ4n) is 4.64. The number of benzene rings is 1. The zero-order valence-electron chi connectivity index (χ0n) is 19.3. The van der Waals surface area contributed by atoms with Crippen molar-refractivity contribution >= 4 is 23.8 Å². The maximum atomic E-state index is 13.4. The van der Waals surface area contributed by atoms with Gasteiger partial charge in [0, 0.05) is 63.2 Å². The van der Waals surface area contributed by atoms with Crippen LogP contribution in [-0.4, -0.2) is 74.8 Å². The minimum Gasteiger partial charge on any atom is -0.347 e. The van der Waals surface area contributed by atoms with Crippen molar-refractivity contribution in [2.45, 2.75) is 30.6 Å². The second kappa shape index (κ2) is 9.41. The van der Waals surface area contributed by atoms with Crippen LogP contribution in [-0.2, 0) is 20.0 Å². The Balaban J connectivity index is 1.24. The molecule has 10 heteroatoms. The van der Waals surface area contributed by atoms with Gasteiger partial charge in [-0.2, -0.15) is 10.4 Å². The second-order valence-electron chi connectivity index (χ2n) is 9.22. The quantitative estimate of drug-likeness (QED) is 0.577. The summed E-state index contributed by atoms with van der Waals surface area (Å²) >= 11 is 1.93. The van der Waals surface area contributed by atoms with Crippen molar-refractivity contribution in [2.75, 3.05) is 39.3 Å². The maximum Gasteiger partial charge on any atom is 0.272 e. The number of carbonyl (C=O) groups excluding carboxylic acids is 2. The van der Waals surface area contributed by atoms with Crippen LogP contribution in [0.15, 0.2) is 24.3 Å². The molecule has 178 valence electrons. The van der Waals surface area contributed by atoms with E-state index < -0.39 is 0 Å². The second-order valence-corrected chi connectivity index (χ2v) is 10.8.